The van der Waals surface area contributed by atoms with Gasteiger partial charge >= 0.3 is 0 Å². The highest BCUT2D eigenvalue weighted by atomic mass is 15.3. The number of fused-ring (bicyclic) bond motifs is 1. The minimum absolute atomic E-state index is 0.660. The summed E-state index contributed by atoms with van der Waals surface area (Å²) < 4.78 is 0. The first-order valence-corrected chi connectivity index (χ1v) is 8.47. The van der Waals surface area contributed by atoms with Crippen molar-refractivity contribution in [3.8, 4) is 0 Å². The van der Waals surface area contributed by atoms with Gasteiger partial charge in [0.05, 0.1) is 0 Å². The Hall–Kier alpha value is -0.120. The second-order valence-corrected chi connectivity index (χ2v) is 6.39. The maximum atomic E-state index is 3.74. The predicted molar refractivity (Wildman–Crippen MR) is 82.6 cm³/mol. The lowest BCUT2D eigenvalue weighted by Gasteiger charge is -2.35. The Morgan fingerprint density at radius 3 is 2.68 bits per heavy atom. The van der Waals surface area contributed by atoms with Gasteiger partial charge < -0.3 is 5.32 Å². The molecule has 2 aliphatic rings. The fraction of sp³-hybridized carbons (Fsp3) is 1.00. The summed E-state index contributed by atoms with van der Waals surface area (Å²) in [4.78, 5) is 5.49. The Kier molecular flexibility index (Phi) is 6.11. The monoisotopic (exact) mass is 267 g/mol. The SMILES string of the molecule is CCCNC(CC)C(C)N1CCCN2CCCC2C1. The van der Waals surface area contributed by atoms with E-state index in [0.717, 1.165) is 12.6 Å². The van der Waals surface area contributed by atoms with Gasteiger partial charge in [0, 0.05) is 24.7 Å². The first kappa shape index (κ1) is 15.3. The first-order valence-electron chi connectivity index (χ1n) is 8.47. The predicted octanol–water partition coefficient (Wildman–Crippen LogP) is 2.32. The van der Waals surface area contributed by atoms with Crippen molar-refractivity contribution >= 4 is 0 Å². The number of rotatable bonds is 6. The van der Waals surface area contributed by atoms with E-state index in [9.17, 15) is 0 Å². The molecule has 0 bridgehead atoms. The highest BCUT2D eigenvalue weighted by Gasteiger charge is 2.31. The molecule has 2 saturated heterocycles. The Morgan fingerprint density at radius 1 is 1.16 bits per heavy atom. The lowest BCUT2D eigenvalue weighted by Crippen LogP contribution is -2.50. The summed E-state index contributed by atoms with van der Waals surface area (Å²) in [5.41, 5.74) is 0. The molecule has 2 rings (SSSR count). The van der Waals surface area contributed by atoms with E-state index in [0.29, 0.717) is 12.1 Å². The highest BCUT2D eigenvalue weighted by molar-refractivity contribution is 4.89. The van der Waals surface area contributed by atoms with Gasteiger partial charge in [-0.05, 0) is 65.2 Å². The van der Waals surface area contributed by atoms with Crippen molar-refractivity contribution in [2.45, 2.75) is 71.0 Å². The summed E-state index contributed by atoms with van der Waals surface area (Å²) in [6, 6.07) is 2.18. The van der Waals surface area contributed by atoms with E-state index in [4.69, 9.17) is 0 Å². The molecule has 1 N–H and O–H groups in total. The minimum Gasteiger partial charge on any atom is -0.312 e. The second kappa shape index (κ2) is 7.61. The van der Waals surface area contributed by atoms with Gasteiger partial charge in [-0.15, -0.1) is 0 Å². The first-order chi connectivity index (χ1) is 9.26. The van der Waals surface area contributed by atoms with Crippen LogP contribution >= 0.6 is 0 Å². The maximum Gasteiger partial charge on any atom is 0.0223 e. The normalized spacial score (nSPS) is 28.9. The van der Waals surface area contributed by atoms with Crippen molar-refractivity contribution in [2.24, 2.45) is 0 Å². The van der Waals surface area contributed by atoms with Gasteiger partial charge in [-0.1, -0.05) is 13.8 Å². The lowest BCUT2D eigenvalue weighted by atomic mass is 10.0. The van der Waals surface area contributed by atoms with Gasteiger partial charge in [0.15, 0.2) is 0 Å². The average Bonchev–Trinajstić information content (AvgIpc) is 2.76. The van der Waals surface area contributed by atoms with Crippen LogP contribution in [0, 0.1) is 0 Å². The van der Waals surface area contributed by atoms with Crippen molar-refractivity contribution in [3.63, 3.8) is 0 Å². The van der Waals surface area contributed by atoms with E-state index in [1.807, 2.05) is 0 Å². The molecule has 2 heterocycles. The second-order valence-electron chi connectivity index (χ2n) is 6.39. The number of hydrogen-bond acceptors (Lipinski definition) is 3. The van der Waals surface area contributed by atoms with E-state index in [2.05, 4.69) is 35.9 Å². The molecule has 19 heavy (non-hydrogen) atoms. The average molecular weight is 267 g/mol. The molecule has 3 atom stereocenters. The largest absolute Gasteiger partial charge is 0.312 e. The van der Waals surface area contributed by atoms with Crippen LogP contribution in [0.3, 0.4) is 0 Å². The zero-order valence-corrected chi connectivity index (χ0v) is 13.2. The summed E-state index contributed by atoms with van der Waals surface area (Å²) in [7, 11) is 0. The molecule has 0 aliphatic carbocycles. The van der Waals surface area contributed by atoms with Crippen LogP contribution in [0.5, 0.6) is 0 Å². The van der Waals surface area contributed by atoms with Gasteiger partial charge in [-0.2, -0.15) is 0 Å². The third-order valence-electron chi connectivity index (χ3n) is 5.09. The topological polar surface area (TPSA) is 18.5 Å². The number of nitrogens with one attached hydrogen (secondary N) is 1. The van der Waals surface area contributed by atoms with Crippen LogP contribution in [-0.2, 0) is 0 Å². The van der Waals surface area contributed by atoms with Gasteiger partial charge in [0.25, 0.3) is 0 Å². The van der Waals surface area contributed by atoms with E-state index >= 15 is 0 Å². The van der Waals surface area contributed by atoms with Gasteiger partial charge in [-0.3, -0.25) is 9.80 Å². The molecule has 2 fully saturated rings. The van der Waals surface area contributed by atoms with Crippen LogP contribution in [0.1, 0.15) is 52.9 Å². The standard InChI is InChI=1S/C16H33N3/c1-4-9-17-16(5-2)14(3)19-12-7-11-18-10-6-8-15(18)13-19/h14-17H,4-13H2,1-3H3. The van der Waals surface area contributed by atoms with Crippen LogP contribution in [0.25, 0.3) is 0 Å². The third-order valence-corrected chi connectivity index (χ3v) is 5.09. The fourth-order valence-electron chi connectivity index (χ4n) is 3.85. The fourth-order valence-corrected chi connectivity index (χ4v) is 3.85. The Morgan fingerprint density at radius 2 is 1.95 bits per heavy atom. The summed E-state index contributed by atoms with van der Waals surface area (Å²) >= 11 is 0. The molecule has 0 aromatic carbocycles. The molecular formula is C16H33N3. The van der Waals surface area contributed by atoms with E-state index in [1.54, 1.807) is 0 Å². The molecule has 0 aromatic rings. The maximum absolute atomic E-state index is 3.74. The van der Waals surface area contributed by atoms with Gasteiger partial charge in [-0.25, -0.2) is 0 Å². The van der Waals surface area contributed by atoms with Crippen LogP contribution in [0.2, 0.25) is 0 Å². The summed E-state index contributed by atoms with van der Waals surface area (Å²) in [6.07, 6.45) is 6.66. The van der Waals surface area contributed by atoms with E-state index in [1.165, 1.54) is 58.3 Å². The van der Waals surface area contributed by atoms with Crippen molar-refractivity contribution in [3.05, 3.63) is 0 Å². The molecule has 112 valence electrons. The highest BCUT2D eigenvalue weighted by Crippen LogP contribution is 2.23. The van der Waals surface area contributed by atoms with Crippen LogP contribution in [-0.4, -0.2) is 60.6 Å². The number of hydrogen-bond donors (Lipinski definition) is 1. The van der Waals surface area contributed by atoms with E-state index in [-0.39, 0.29) is 0 Å². The minimum atomic E-state index is 0.660. The molecule has 0 amide bonds. The van der Waals surface area contributed by atoms with Crippen molar-refractivity contribution in [1.82, 2.24) is 15.1 Å². The van der Waals surface area contributed by atoms with Gasteiger partial charge in [0.2, 0.25) is 0 Å². The molecule has 0 radical (unpaired) electrons. The van der Waals surface area contributed by atoms with Gasteiger partial charge in [0.1, 0.15) is 0 Å². The van der Waals surface area contributed by atoms with Crippen LogP contribution in [0.15, 0.2) is 0 Å². The molecule has 2 aliphatic heterocycles. The molecule has 0 saturated carbocycles. The molecule has 3 heteroatoms. The molecule has 0 spiro atoms. The van der Waals surface area contributed by atoms with Crippen LogP contribution < -0.4 is 5.32 Å². The molecular weight excluding hydrogens is 234 g/mol. The summed E-state index contributed by atoms with van der Waals surface area (Å²) in [5.74, 6) is 0. The Bertz CT molecular complexity index is 256. The van der Waals surface area contributed by atoms with E-state index < -0.39 is 0 Å². The lowest BCUT2D eigenvalue weighted by molar-refractivity contribution is 0.150. The molecule has 0 aromatic heterocycles. The Labute approximate surface area is 119 Å². The Balaban J connectivity index is 1.90. The third kappa shape index (κ3) is 3.93. The van der Waals surface area contributed by atoms with Crippen molar-refractivity contribution < 1.29 is 0 Å². The number of nitrogens with zero attached hydrogens (tertiary/aromatic N) is 2. The summed E-state index contributed by atoms with van der Waals surface area (Å²) in [5, 5.41) is 3.74. The molecule has 3 nitrogen and oxygen atoms in total. The quantitative estimate of drug-likeness (QED) is 0.797. The smallest absolute Gasteiger partial charge is 0.0223 e. The summed E-state index contributed by atoms with van der Waals surface area (Å²) in [6.45, 7) is 13.4. The van der Waals surface area contributed by atoms with Crippen LogP contribution in [0.4, 0.5) is 0 Å². The zero-order chi connectivity index (χ0) is 13.7. The van der Waals surface area contributed by atoms with Crippen molar-refractivity contribution in [1.29, 1.82) is 0 Å². The molecule has 3 unspecified atom stereocenters. The van der Waals surface area contributed by atoms with Crippen molar-refractivity contribution in [2.75, 3.05) is 32.7 Å². The zero-order valence-electron chi connectivity index (χ0n) is 13.2.